The molecule has 25 heavy (non-hydrogen) atoms. The molecular weight excluding hydrogens is 338 g/mol. The van der Waals surface area contributed by atoms with Crippen molar-refractivity contribution >= 4 is 17.6 Å². The van der Waals surface area contributed by atoms with Gasteiger partial charge in [-0.15, -0.1) is 0 Å². The van der Waals surface area contributed by atoms with Gasteiger partial charge in [-0.05, 0) is 29.8 Å². The Labute approximate surface area is 140 Å². The Morgan fingerprint density at radius 2 is 1.92 bits per heavy atom. The van der Waals surface area contributed by atoms with Gasteiger partial charge < -0.3 is 10.4 Å². The summed E-state index contributed by atoms with van der Waals surface area (Å²) in [5.41, 5.74) is -0.713. The third-order valence-corrected chi connectivity index (χ3v) is 3.34. The monoisotopic (exact) mass is 350 g/mol. The number of carbonyl (C=O) groups is 2. The van der Waals surface area contributed by atoms with Crippen molar-refractivity contribution in [2.45, 2.75) is 12.5 Å². The summed E-state index contributed by atoms with van der Waals surface area (Å²) in [4.78, 5) is 33.2. The fourth-order valence-corrected chi connectivity index (χ4v) is 2.13. The van der Waals surface area contributed by atoms with Crippen molar-refractivity contribution in [1.29, 1.82) is 0 Å². The molecule has 1 amide bonds. The number of hydrogen-bond acceptors (Lipinski definition) is 4. The lowest BCUT2D eigenvalue weighted by Crippen LogP contribution is -2.42. The molecule has 7 nitrogen and oxygen atoms in total. The van der Waals surface area contributed by atoms with Crippen LogP contribution in [0, 0.1) is 21.7 Å². The summed E-state index contributed by atoms with van der Waals surface area (Å²) in [5, 5.41) is 22.2. The molecule has 0 aliphatic rings. The first kappa shape index (κ1) is 18.0. The SMILES string of the molecule is O=C(N[C@@H](Cc1ccc(F)c([N+](=O)[O-])c1)C(=O)O)c1cccc(F)c1. The van der Waals surface area contributed by atoms with Crippen LogP contribution in [0.5, 0.6) is 0 Å². The highest BCUT2D eigenvalue weighted by Crippen LogP contribution is 2.19. The standard InChI is InChI=1S/C16H12F2N2O5/c17-11-3-1-2-10(8-11)15(21)19-13(16(22)23)6-9-4-5-12(18)14(7-9)20(24)25/h1-5,7-8,13H,6H2,(H,19,21)(H,22,23)/t13-/m0/s1. The van der Waals surface area contributed by atoms with Gasteiger partial charge in [0.25, 0.3) is 5.91 Å². The fraction of sp³-hybridized carbons (Fsp3) is 0.125. The van der Waals surface area contributed by atoms with Crippen LogP contribution in [-0.2, 0) is 11.2 Å². The average molecular weight is 350 g/mol. The Morgan fingerprint density at radius 3 is 2.52 bits per heavy atom. The lowest BCUT2D eigenvalue weighted by atomic mass is 10.0. The maximum absolute atomic E-state index is 13.3. The second kappa shape index (κ2) is 7.47. The van der Waals surface area contributed by atoms with Crippen molar-refractivity contribution in [2.75, 3.05) is 0 Å². The summed E-state index contributed by atoms with van der Waals surface area (Å²) in [6.45, 7) is 0. The van der Waals surface area contributed by atoms with Crippen LogP contribution in [0.2, 0.25) is 0 Å². The van der Waals surface area contributed by atoms with Crippen molar-refractivity contribution in [3.8, 4) is 0 Å². The molecule has 2 N–H and O–H groups in total. The van der Waals surface area contributed by atoms with Crippen LogP contribution in [0.15, 0.2) is 42.5 Å². The summed E-state index contributed by atoms with van der Waals surface area (Å²) >= 11 is 0. The van der Waals surface area contributed by atoms with Crippen LogP contribution in [-0.4, -0.2) is 27.9 Å². The Balaban J connectivity index is 2.19. The first-order chi connectivity index (χ1) is 11.8. The summed E-state index contributed by atoms with van der Waals surface area (Å²) in [6.07, 6.45) is -0.308. The van der Waals surface area contributed by atoms with E-state index in [9.17, 15) is 33.6 Å². The number of carboxylic acids is 1. The lowest BCUT2D eigenvalue weighted by Gasteiger charge is -2.15. The van der Waals surface area contributed by atoms with Gasteiger partial charge in [0.2, 0.25) is 5.82 Å². The molecule has 2 aromatic rings. The zero-order chi connectivity index (χ0) is 18.6. The van der Waals surface area contributed by atoms with Crippen LogP contribution < -0.4 is 5.32 Å². The first-order valence-corrected chi connectivity index (χ1v) is 7.00. The molecular formula is C16H12F2N2O5. The number of nitro groups is 1. The van der Waals surface area contributed by atoms with Crippen LogP contribution in [0.25, 0.3) is 0 Å². The molecule has 0 heterocycles. The highest BCUT2D eigenvalue weighted by molar-refractivity contribution is 5.96. The third kappa shape index (κ3) is 4.56. The molecule has 0 aliphatic heterocycles. The third-order valence-electron chi connectivity index (χ3n) is 3.34. The molecule has 0 saturated heterocycles. The molecule has 0 fully saturated rings. The number of carboxylic acid groups (broad SMARTS) is 1. The number of hydrogen-bond donors (Lipinski definition) is 2. The number of carbonyl (C=O) groups excluding carboxylic acids is 1. The zero-order valence-electron chi connectivity index (χ0n) is 12.6. The fourth-order valence-electron chi connectivity index (χ4n) is 2.13. The van der Waals surface area contributed by atoms with E-state index in [0.717, 1.165) is 24.3 Å². The molecule has 0 unspecified atom stereocenters. The molecule has 2 aromatic carbocycles. The van der Waals surface area contributed by atoms with Gasteiger partial charge in [-0.2, -0.15) is 4.39 Å². The average Bonchev–Trinajstić information content (AvgIpc) is 2.55. The Kier molecular flexibility index (Phi) is 5.38. The topological polar surface area (TPSA) is 110 Å². The van der Waals surface area contributed by atoms with E-state index in [1.165, 1.54) is 18.2 Å². The predicted octanol–water partition coefficient (Wildman–Crippen LogP) is 2.30. The van der Waals surface area contributed by atoms with E-state index in [-0.39, 0.29) is 17.5 Å². The van der Waals surface area contributed by atoms with E-state index in [1.807, 2.05) is 0 Å². The molecule has 0 saturated carbocycles. The van der Waals surface area contributed by atoms with Crippen molar-refractivity contribution in [3.63, 3.8) is 0 Å². The van der Waals surface area contributed by atoms with E-state index in [1.54, 1.807) is 0 Å². The number of rotatable bonds is 6. The summed E-state index contributed by atoms with van der Waals surface area (Å²) < 4.78 is 26.5. The molecule has 0 aromatic heterocycles. The van der Waals surface area contributed by atoms with Crippen molar-refractivity contribution in [3.05, 3.63) is 75.3 Å². The number of halogens is 2. The maximum atomic E-state index is 13.3. The molecule has 2 rings (SSSR count). The van der Waals surface area contributed by atoms with Crippen LogP contribution in [0.1, 0.15) is 15.9 Å². The number of nitrogens with one attached hydrogen (secondary N) is 1. The number of nitro benzene ring substituents is 1. The van der Waals surface area contributed by atoms with Gasteiger partial charge in [-0.3, -0.25) is 14.9 Å². The number of aliphatic carboxylic acids is 1. The van der Waals surface area contributed by atoms with Crippen LogP contribution in [0.4, 0.5) is 14.5 Å². The summed E-state index contributed by atoms with van der Waals surface area (Å²) in [6, 6.07) is 6.18. The van der Waals surface area contributed by atoms with E-state index in [0.29, 0.717) is 0 Å². The quantitative estimate of drug-likeness (QED) is 0.614. The molecule has 0 bridgehead atoms. The van der Waals surface area contributed by atoms with Gasteiger partial charge in [0.15, 0.2) is 0 Å². The van der Waals surface area contributed by atoms with Gasteiger partial charge in [0, 0.05) is 18.1 Å². The second-order valence-electron chi connectivity index (χ2n) is 5.12. The second-order valence-corrected chi connectivity index (χ2v) is 5.12. The Bertz CT molecular complexity index is 841. The molecule has 9 heteroatoms. The van der Waals surface area contributed by atoms with Gasteiger partial charge in [-0.25, -0.2) is 9.18 Å². The first-order valence-electron chi connectivity index (χ1n) is 7.00. The predicted molar refractivity (Wildman–Crippen MR) is 82.0 cm³/mol. The minimum atomic E-state index is -1.43. The summed E-state index contributed by atoms with van der Waals surface area (Å²) in [5.74, 6) is -3.92. The van der Waals surface area contributed by atoms with E-state index >= 15 is 0 Å². The maximum Gasteiger partial charge on any atom is 0.326 e. The molecule has 0 radical (unpaired) electrons. The van der Waals surface area contributed by atoms with Gasteiger partial charge >= 0.3 is 11.7 Å². The normalized spacial score (nSPS) is 11.6. The highest BCUT2D eigenvalue weighted by Gasteiger charge is 2.23. The van der Waals surface area contributed by atoms with Gasteiger partial charge in [-0.1, -0.05) is 12.1 Å². The highest BCUT2D eigenvalue weighted by atomic mass is 19.1. The van der Waals surface area contributed by atoms with E-state index < -0.39 is 40.2 Å². The van der Waals surface area contributed by atoms with E-state index in [4.69, 9.17) is 0 Å². The molecule has 0 aliphatic carbocycles. The van der Waals surface area contributed by atoms with Crippen LogP contribution in [0.3, 0.4) is 0 Å². The Morgan fingerprint density at radius 1 is 1.20 bits per heavy atom. The lowest BCUT2D eigenvalue weighted by molar-refractivity contribution is -0.387. The summed E-state index contributed by atoms with van der Waals surface area (Å²) in [7, 11) is 0. The Hall–Kier alpha value is -3.36. The van der Waals surface area contributed by atoms with Crippen LogP contribution >= 0.6 is 0 Å². The number of benzene rings is 2. The van der Waals surface area contributed by atoms with E-state index in [2.05, 4.69) is 5.32 Å². The number of nitrogens with zero attached hydrogens (tertiary/aromatic N) is 1. The smallest absolute Gasteiger partial charge is 0.326 e. The zero-order valence-corrected chi connectivity index (χ0v) is 12.6. The van der Waals surface area contributed by atoms with Crippen molar-refractivity contribution in [1.82, 2.24) is 5.32 Å². The number of amides is 1. The van der Waals surface area contributed by atoms with Gasteiger partial charge in [0.1, 0.15) is 11.9 Å². The van der Waals surface area contributed by atoms with Gasteiger partial charge in [0.05, 0.1) is 4.92 Å². The molecule has 1 atom stereocenters. The minimum absolute atomic E-state index is 0.0728. The molecule has 130 valence electrons. The molecule has 0 spiro atoms. The van der Waals surface area contributed by atoms with Crippen molar-refractivity contribution < 1.29 is 28.4 Å². The van der Waals surface area contributed by atoms with Crippen molar-refractivity contribution in [2.24, 2.45) is 0 Å². The largest absolute Gasteiger partial charge is 0.480 e. The minimum Gasteiger partial charge on any atom is -0.480 e.